The van der Waals surface area contributed by atoms with Gasteiger partial charge in [0.25, 0.3) is 0 Å². The lowest BCUT2D eigenvalue weighted by atomic mass is 9.98. The first-order valence-corrected chi connectivity index (χ1v) is 6.85. The fraction of sp³-hybridized carbons (Fsp3) is 0.667. The molecule has 0 amide bonds. The van der Waals surface area contributed by atoms with Gasteiger partial charge in [0.2, 0.25) is 0 Å². The molecule has 0 bridgehead atoms. The average molecular weight is 232 g/mol. The van der Waals surface area contributed by atoms with Crippen LogP contribution in [0.25, 0.3) is 0 Å². The van der Waals surface area contributed by atoms with Gasteiger partial charge in [0.15, 0.2) is 0 Å². The summed E-state index contributed by atoms with van der Waals surface area (Å²) in [5.41, 5.74) is 1.48. The van der Waals surface area contributed by atoms with E-state index in [0.29, 0.717) is 12.1 Å². The second-order valence-corrected chi connectivity index (χ2v) is 5.21. The number of hydrogen-bond donors (Lipinski definition) is 0. The van der Waals surface area contributed by atoms with Gasteiger partial charge >= 0.3 is 0 Å². The summed E-state index contributed by atoms with van der Waals surface area (Å²) in [6.07, 6.45) is 11.8. The highest BCUT2D eigenvalue weighted by atomic mass is 15.3. The molecule has 0 aromatic carbocycles. The number of hydrogen-bond acceptors (Lipinski definition) is 2. The van der Waals surface area contributed by atoms with E-state index in [1.807, 2.05) is 6.08 Å². The Kier molecular flexibility index (Phi) is 4.03. The van der Waals surface area contributed by atoms with Crippen molar-refractivity contribution in [3.8, 4) is 0 Å². The maximum atomic E-state index is 4.87. The molecule has 1 aliphatic carbocycles. The Balaban J connectivity index is 2.07. The van der Waals surface area contributed by atoms with Crippen molar-refractivity contribution in [2.24, 2.45) is 4.99 Å². The zero-order chi connectivity index (χ0) is 12.3. The zero-order valence-electron chi connectivity index (χ0n) is 11.2. The molecule has 94 valence electrons. The predicted molar refractivity (Wildman–Crippen MR) is 74.4 cm³/mol. The summed E-state index contributed by atoms with van der Waals surface area (Å²) in [6, 6.07) is 0.989. The number of allylic oxidation sites excluding steroid dienone is 2. The van der Waals surface area contributed by atoms with Crippen LogP contribution in [0.2, 0.25) is 0 Å². The van der Waals surface area contributed by atoms with E-state index in [0.717, 1.165) is 6.42 Å². The SMILES string of the molecule is C=CCCC1C(C)N=C(C2=CCCCC2)N1C. The number of rotatable bonds is 4. The molecule has 2 nitrogen and oxygen atoms in total. The highest BCUT2D eigenvalue weighted by molar-refractivity contribution is 5.99. The fourth-order valence-electron chi connectivity index (χ4n) is 2.92. The van der Waals surface area contributed by atoms with E-state index in [4.69, 9.17) is 4.99 Å². The summed E-state index contributed by atoms with van der Waals surface area (Å²) >= 11 is 0. The van der Waals surface area contributed by atoms with Crippen LogP contribution in [0, 0.1) is 0 Å². The van der Waals surface area contributed by atoms with Gasteiger partial charge in [-0.15, -0.1) is 6.58 Å². The quantitative estimate of drug-likeness (QED) is 0.677. The van der Waals surface area contributed by atoms with Crippen LogP contribution in [0.15, 0.2) is 29.3 Å². The molecule has 17 heavy (non-hydrogen) atoms. The monoisotopic (exact) mass is 232 g/mol. The first-order valence-electron chi connectivity index (χ1n) is 6.85. The molecule has 2 heteroatoms. The second kappa shape index (κ2) is 5.52. The summed E-state index contributed by atoms with van der Waals surface area (Å²) in [7, 11) is 2.20. The molecular weight excluding hydrogens is 208 g/mol. The molecule has 0 radical (unpaired) electrons. The van der Waals surface area contributed by atoms with E-state index >= 15 is 0 Å². The smallest absolute Gasteiger partial charge is 0.126 e. The molecule has 0 saturated carbocycles. The minimum absolute atomic E-state index is 0.428. The largest absolute Gasteiger partial charge is 0.355 e. The highest BCUT2D eigenvalue weighted by Gasteiger charge is 2.31. The summed E-state index contributed by atoms with van der Waals surface area (Å²) in [4.78, 5) is 7.26. The lowest BCUT2D eigenvalue weighted by molar-refractivity contribution is 0.342. The van der Waals surface area contributed by atoms with Gasteiger partial charge in [-0.1, -0.05) is 12.2 Å². The zero-order valence-corrected chi connectivity index (χ0v) is 11.2. The molecule has 1 heterocycles. The maximum Gasteiger partial charge on any atom is 0.126 e. The summed E-state index contributed by atoms with van der Waals surface area (Å²) in [5.74, 6) is 1.26. The van der Waals surface area contributed by atoms with Gasteiger partial charge in [0.05, 0.1) is 12.1 Å². The number of aliphatic imine (C=N–C) groups is 1. The Morgan fingerprint density at radius 3 is 3.00 bits per heavy atom. The Hall–Kier alpha value is -1.05. The first kappa shape index (κ1) is 12.4. The van der Waals surface area contributed by atoms with Crippen molar-refractivity contribution in [2.45, 2.75) is 57.5 Å². The van der Waals surface area contributed by atoms with Crippen LogP contribution < -0.4 is 0 Å². The van der Waals surface area contributed by atoms with Crippen molar-refractivity contribution in [2.75, 3.05) is 7.05 Å². The molecule has 2 unspecified atom stereocenters. The molecular formula is C15H24N2. The van der Waals surface area contributed by atoms with Crippen LogP contribution in [-0.2, 0) is 0 Å². The van der Waals surface area contributed by atoms with E-state index in [9.17, 15) is 0 Å². The van der Waals surface area contributed by atoms with E-state index in [1.54, 1.807) is 0 Å². The molecule has 0 fully saturated rings. The Morgan fingerprint density at radius 2 is 2.35 bits per heavy atom. The minimum Gasteiger partial charge on any atom is -0.355 e. The lowest BCUT2D eigenvalue weighted by Crippen LogP contribution is -2.36. The second-order valence-electron chi connectivity index (χ2n) is 5.21. The standard InChI is InChI=1S/C15H24N2/c1-4-5-11-14-12(2)16-15(17(14)3)13-9-7-6-8-10-13/h4,9,12,14H,1,5-8,10-11H2,2-3H3. The van der Waals surface area contributed by atoms with E-state index in [2.05, 4.69) is 31.5 Å². The fourth-order valence-corrected chi connectivity index (χ4v) is 2.92. The van der Waals surface area contributed by atoms with Crippen molar-refractivity contribution >= 4 is 5.84 Å². The third kappa shape index (κ3) is 2.62. The van der Waals surface area contributed by atoms with Crippen molar-refractivity contribution in [1.29, 1.82) is 0 Å². The molecule has 2 rings (SSSR count). The molecule has 0 spiro atoms. The maximum absolute atomic E-state index is 4.87. The average Bonchev–Trinajstić information content (AvgIpc) is 2.64. The van der Waals surface area contributed by atoms with Crippen molar-refractivity contribution in [3.05, 3.63) is 24.3 Å². The molecule has 0 aromatic rings. The highest BCUT2D eigenvalue weighted by Crippen LogP contribution is 2.27. The normalized spacial score (nSPS) is 28.9. The molecule has 2 aliphatic rings. The van der Waals surface area contributed by atoms with Crippen LogP contribution in [-0.4, -0.2) is 29.9 Å². The predicted octanol–water partition coefficient (Wildman–Crippen LogP) is 3.55. The van der Waals surface area contributed by atoms with Gasteiger partial charge in [-0.2, -0.15) is 0 Å². The first-order chi connectivity index (χ1) is 8.24. The van der Waals surface area contributed by atoms with Gasteiger partial charge in [-0.25, -0.2) is 0 Å². The Bertz CT molecular complexity index is 341. The van der Waals surface area contributed by atoms with Crippen LogP contribution in [0.5, 0.6) is 0 Å². The third-order valence-corrected chi connectivity index (χ3v) is 3.96. The van der Waals surface area contributed by atoms with Crippen molar-refractivity contribution in [3.63, 3.8) is 0 Å². The summed E-state index contributed by atoms with van der Waals surface area (Å²) < 4.78 is 0. The van der Waals surface area contributed by atoms with Crippen molar-refractivity contribution < 1.29 is 0 Å². The van der Waals surface area contributed by atoms with Crippen LogP contribution in [0.3, 0.4) is 0 Å². The van der Waals surface area contributed by atoms with Crippen LogP contribution >= 0.6 is 0 Å². The lowest BCUT2D eigenvalue weighted by Gasteiger charge is -2.27. The summed E-state index contributed by atoms with van der Waals surface area (Å²) in [5, 5.41) is 0. The number of nitrogens with zero attached hydrogens (tertiary/aromatic N) is 2. The molecule has 2 atom stereocenters. The molecule has 0 saturated heterocycles. The molecule has 1 aliphatic heterocycles. The van der Waals surface area contributed by atoms with Gasteiger partial charge in [0, 0.05) is 7.05 Å². The third-order valence-electron chi connectivity index (χ3n) is 3.96. The van der Waals surface area contributed by atoms with Crippen LogP contribution in [0.4, 0.5) is 0 Å². The number of likely N-dealkylation sites (N-methyl/N-ethyl adjacent to an activating group) is 1. The van der Waals surface area contributed by atoms with Gasteiger partial charge in [-0.3, -0.25) is 4.99 Å². The van der Waals surface area contributed by atoms with Gasteiger partial charge in [0.1, 0.15) is 5.84 Å². The Labute approximate surface area is 105 Å². The minimum atomic E-state index is 0.428. The van der Waals surface area contributed by atoms with Crippen LogP contribution in [0.1, 0.15) is 45.4 Å². The molecule has 0 N–H and O–H groups in total. The topological polar surface area (TPSA) is 15.6 Å². The summed E-state index contributed by atoms with van der Waals surface area (Å²) in [6.45, 7) is 6.05. The number of amidine groups is 1. The molecule has 0 aromatic heterocycles. The van der Waals surface area contributed by atoms with E-state index < -0.39 is 0 Å². The van der Waals surface area contributed by atoms with Gasteiger partial charge in [-0.05, 0) is 51.0 Å². The van der Waals surface area contributed by atoms with Gasteiger partial charge < -0.3 is 4.90 Å². The van der Waals surface area contributed by atoms with E-state index in [1.165, 1.54) is 43.5 Å². The Morgan fingerprint density at radius 1 is 1.53 bits per heavy atom. The van der Waals surface area contributed by atoms with E-state index in [-0.39, 0.29) is 0 Å². The van der Waals surface area contributed by atoms with Crippen molar-refractivity contribution in [1.82, 2.24) is 4.90 Å².